The monoisotopic (exact) mass is 390 g/mol. The molecule has 5 aromatic rings. The van der Waals surface area contributed by atoms with Gasteiger partial charge in [-0.05, 0) is 30.2 Å². The van der Waals surface area contributed by atoms with Crippen molar-refractivity contribution in [2.75, 3.05) is 0 Å². The van der Waals surface area contributed by atoms with Gasteiger partial charge in [0.1, 0.15) is 0 Å². The molecular weight excluding hydrogens is 372 g/mol. The molecule has 144 valence electrons. The lowest BCUT2D eigenvalue weighted by molar-refractivity contribution is 0.590. The van der Waals surface area contributed by atoms with E-state index in [0.29, 0.717) is 5.39 Å². The molecule has 0 amide bonds. The third-order valence-electron chi connectivity index (χ3n) is 5.88. The van der Waals surface area contributed by atoms with Crippen LogP contribution in [0.15, 0.2) is 90.1 Å². The van der Waals surface area contributed by atoms with Crippen LogP contribution in [-0.4, -0.2) is 19.7 Å². The van der Waals surface area contributed by atoms with E-state index in [2.05, 4.69) is 28.3 Å². The van der Waals surface area contributed by atoms with Crippen LogP contribution in [0.3, 0.4) is 0 Å². The van der Waals surface area contributed by atoms with Crippen molar-refractivity contribution in [3.63, 3.8) is 0 Å². The van der Waals surface area contributed by atoms with Crippen LogP contribution in [0.4, 0.5) is 0 Å². The first-order valence-electron chi connectivity index (χ1n) is 10.1. The molecule has 3 heterocycles. The van der Waals surface area contributed by atoms with E-state index in [0.717, 1.165) is 39.5 Å². The van der Waals surface area contributed by atoms with Crippen molar-refractivity contribution in [1.82, 2.24) is 19.7 Å². The average Bonchev–Trinajstić information content (AvgIpc) is 3.60. The largest absolute Gasteiger partial charge is 0.275 e. The maximum absolute atomic E-state index is 13.5. The predicted octanol–water partition coefficient (Wildman–Crippen LogP) is 4.74. The standard InChI is InChI=1S/C25H18N4O/c30-25-24-18(6-3-8-19(24)17-7-4-12-26-14-17)15-27-29(25)23-13-20(23)22-11-10-16-5-1-2-9-21(16)28-22/h1-12,14-15,20,23H,13H2. The Labute approximate surface area is 172 Å². The highest BCUT2D eigenvalue weighted by Gasteiger charge is 2.42. The Morgan fingerprint density at radius 3 is 2.67 bits per heavy atom. The summed E-state index contributed by atoms with van der Waals surface area (Å²) in [5, 5.41) is 7.17. The SMILES string of the molecule is O=c1c2c(-c3cccnc3)cccc2cnn1C1CC1c1ccc2ccccc2n1. The molecular formula is C25H18N4O. The van der Waals surface area contributed by atoms with Crippen molar-refractivity contribution < 1.29 is 0 Å². The second kappa shape index (κ2) is 6.59. The maximum atomic E-state index is 13.5. The summed E-state index contributed by atoms with van der Waals surface area (Å²) in [6.45, 7) is 0. The Balaban J connectivity index is 1.43. The van der Waals surface area contributed by atoms with Crippen LogP contribution < -0.4 is 5.56 Å². The number of aromatic nitrogens is 4. The van der Waals surface area contributed by atoms with Gasteiger partial charge in [-0.2, -0.15) is 5.10 Å². The summed E-state index contributed by atoms with van der Waals surface area (Å²) in [5.74, 6) is 0.211. The predicted molar refractivity (Wildman–Crippen MR) is 117 cm³/mol. The highest BCUT2D eigenvalue weighted by molar-refractivity contribution is 5.95. The molecule has 30 heavy (non-hydrogen) atoms. The van der Waals surface area contributed by atoms with E-state index in [1.54, 1.807) is 23.3 Å². The first-order chi connectivity index (χ1) is 14.8. The minimum absolute atomic E-state index is 0.0394. The van der Waals surface area contributed by atoms with Crippen LogP contribution in [0.1, 0.15) is 24.1 Å². The van der Waals surface area contributed by atoms with Gasteiger partial charge in [-0.1, -0.05) is 48.5 Å². The fraction of sp³-hybridized carbons (Fsp3) is 0.120. The third-order valence-corrected chi connectivity index (χ3v) is 5.88. The fourth-order valence-electron chi connectivity index (χ4n) is 4.26. The van der Waals surface area contributed by atoms with E-state index in [1.165, 1.54) is 0 Å². The molecule has 6 rings (SSSR count). The van der Waals surface area contributed by atoms with Crippen molar-refractivity contribution in [2.24, 2.45) is 0 Å². The van der Waals surface area contributed by atoms with Crippen molar-refractivity contribution in [2.45, 2.75) is 18.4 Å². The number of hydrogen-bond acceptors (Lipinski definition) is 4. The van der Waals surface area contributed by atoms with Gasteiger partial charge in [0, 0.05) is 40.3 Å². The molecule has 5 heteroatoms. The van der Waals surface area contributed by atoms with Gasteiger partial charge in [-0.15, -0.1) is 0 Å². The third kappa shape index (κ3) is 2.70. The van der Waals surface area contributed by atoms with Crippen LogP contribution in [0.5, 0.6) is 0 Å². The molecule has 2 atom stereocenters. The molecule has 1 aliphatic rings. The first kappa shape index (κ1) is 17.0. The van der Waals surface area contributed by atoms with E-state index in [4.69, 9.17) is 4.98 Å². The van der Waals surface area contributed by atoms with Crippen molar-refractivity contribution in [3.05, 3.63) is 101 Å². The summed E-state index contributed by atoms with van der Waals surface area (Å²) in [6, 6.07) is 22.0. The molecule has 2 aromatic carbocycles. The summed E-state index contributed by atoms with van der Waals surface area (Å²) >= 11 is 0. The second-order valence-electron chi connectivity index (χ2n) is 7.74. The van der Waals surface area contributed by atoms with E-state index in [1.807, 2.05) is 48.5 Å². The Hall–Kier alpha value is -3.86. The van der Waals surface area contributed by atoms with E-state index >= 15 is 0 Å². The van der Waals surface area contributed by atoms with Crippen LogP contribution in [0.25, 0.3) is 32.8 Å². The highest BCUT2D eigenvalue weighted by Crippen LogP contribution is 2.50. The van der Waals surface area contributed by atoms with Crippen molar-refractivity contribution in [1.29, 1.82) is 0 Å². The number of hydrogen-bond donors (Lipinski definition) is 0. The molecule has 0 N–H and O–H groups in total. The zero-order valence-electron chi connectivity index (χ0n) is 16.1. The normalized spacial score (nSPS) is 18.0. The number of benzene rings is 2. The number of nitrogens with zero attached hydrogens (tertiary/aromatic N) is 4. The van der Waals surface area contributed by atoms with Gasteiger partial charge in [0.2, 0.25) is 0 Å². The van der Waals surface area contributed by atoms with E-state index in [-0.39, 0.29) is 17.5 Å². The minimum Gasteiger partial charge on any atom is -0.267 e. The van der Waals surface area contributed by atoms with E-state index < -0.39 is 0 Å². The maximum Gasteiger partial charge on any atom is 0.275 e. The molecule has 0 saturated heterocycles. The van der Waals surface area contributed by atoms with Crippen LogP contribution >= 0.6 is 0 Å². The summed E-state index contributed by atoms with van der Waals surface area (Å²) in [5.41, 5.74) is 3.77. The van der Waals surface area contributed by atoms with Crippen LogP contribution in [0, 0.1) is 0 Å². The van der Waals surface area contributed by atoms with Gasteiger partial charge in [0.05, 0.1) is 23.1 Å². The summed E-state index contributed by atoms with van der Waals surface area (Å²) < 4.78 is 1.64. The molecule has 3 aromatic heterocycles. The van der Waals surface area contributed by atoms with Crippen molar-refractivity contribution >= 4 is 21.7 Å². The Kier molecular flexibility index (Phi) is 3.74. The Morgan fingerprint density at radius 2 is 1.77 bits per heavy atom. The Morgan fingerprint density at radius 1 is 0.867 bits per heavy atom. The van der Waals surface area contributed by atoms with Crippen molar-refractivity contribution in [3.8, 4) is 11.1 Å². The molecule has 2 unspecified atom stereocenters. The number of fused-ring (bicyclic) bond motifs is 2. The van der Waals surface area contributed by atoms with E-state index in [9.17, 15) is 4.79 Å². The molecule has 1 saturated carbocycles. The molecule has 1 fully saturated rings. The average molecular weight is 390 g/mol. The van der Waals surface area contributed by atoms with Crippen LogP contribution in [0.2, 0.25) is 0 Å². The lowest BCUT2D eigenvalue weighted by atomic mass is 10.0. The number of rotatable bonds is 3. The van der Waals surface area contributed by atoms with Gasteiger partial charge in [-0.3, -0.25) is 14.8 Å². The van der Waals surface area contributed by atoms with Gasteiger partial charge in [-0.25, -0.2) is 4.68 Å². The minimum atomic E-state index is -0.0553. The van der Waals surface area contributed by atoms with Gasteiger partial charge in [0.25, 0.3) is 5.56 Å². The number of pyridine rings is 2. The Bertz CT molecular complexity index is 1460. The smallest absolute Gasteiger partial charge is 0.267 e. The van der Waals surface area contributed by atoms with Gasteiger partial charge in [0.15, 0.2) is 0 Å². The molecule has 5 nitrogen and oxygen atoms in total. The van der Waals surface area contributed by atoms with Gasteiger partial charge >= 0.3 is 0 Å². The number of para-hydroxylation sites is 1. The second-order valence-corrected chi connectivity index (χ2v) is 7.74. The van der Waals surface area contributed by atoms with Gasteiger partial charge < -0.3 is 0 Å². The molecule has 0 radical (unpaired) electrons. The fourth-order valence-corrected chi connectivity index (χ4v) is 4.26. The lowest BCUT2D eigenvalue weighted by Crippen LogP contribution is -2.22. The quantitative estimate of drug-likeness (QED) is 0.447. The summed E-state index contributed by atoms with van der Waals surface area (Å²) in [7, 11) is 0. The molecule has 0 bridgehead atoms. The zero-order chi connectivity index (χ0) is 20.1. The summed E-state index contributed by atoms with van der Waals surface area (Å²) in [6.07, 6.45) is 6.19. The summed E-state index contributed by atoms with van der Waals surface area (Å²) in [4.78, 5) is 22.5. The zero-order valence-corrected chi connectivity index (χ0v) is 16.1. The topological polar surface area (TPSA) is 60.7 Å². The molecule has 0 spiro atoms. The molecule has 0 aliphatic heterocycles. The van der Waals surface area contributed by atoms with Crippen LogP contribution in [-0.2, 0) is 0 Å². The first-order valence-corrected chi connectivity index (χ1v) is 10.1. The molecule has 1 aliphatic carbocycles. The highest BCUT2D eigenvalue weighted by atomic mass is 16.1. The lowest BCUT2D eigenvalue weighted by Gasteiger charge is -2.09.